The van der Waals surface area contributed by atoms with Crippen LogP contribution in [-0.2, 0) is 6.54 Å². The summed E-state index contributed by atoms with van der Waals surface area (Å²) in [6.45, 7) is 3.04. The van der Waals surface area contributed by atoms with E-state index in [9.17, 15) is 4.79 Å². The van der Waals surface area contributed by atoms with Crippen LogP contribution in [0.1, 0.15) is 22.7 Å². The summed E-state index contributed by atoms with van der Waals surface area (Å²) in [5, 5.41) is 10.3. The van der Waals surface area contributed by atoms with Gasteiger partial charge in [-0.05, 0) is 13.3 Å². The Morgan fingerprint density at radius 3 is 3.12 bits per heavy atom. The van der Waals surface area contributed by atoms with Gasteiger partial charge in [-0.15, -0.1) is 0 Å². The van der Waals surface area contributed by atoms with Gasteiger partial charge >= 0.3 is 0 Å². The van der Waals surface area contributed by atoms with Gasteiger partial charge in [0.05, 0.1) is 5.69 Å². The van der Waals surface area contributed by atoms with E-state index in [0.29, 0.717) is 12.2 Å². The smallest absolute Gasteiger partial charge is 0.289 e. The van der Waals surface area contributed by atoms with Gasteiger partial charge in [-0.1, -0.05) is 5.16 Å². The van der Waals surface area contributed by atoms with Crippen LogP contribution >= 0.6 is 0 Å². The molecule has 0 aliphatic rings. The average Bonchev–Trinajstić information content (AvgIpc) is 2.95. The fraction of sp³-hybridized carbons (Fsp3) is 0.400. The van der Waals surface area contributed by atoms with Crippen molar-refractivity contribution in [3.63, 3.8) is 0 Å². The molecule has 0 aromatic carbocycles. The molecule has 0 saturated carbocycles. The Bertz CT molecular complexity index is 477. The van der Waals surface area contributed by atoms with Gasteiger partial charge in [0.1, 0.15) is 12.7 Å². The minimum Gasteiger partial charge on any atom is -0.351 e. The van der Waals surface area contributed by atoms with Crippen molar-refractivity contribution in [3.8, 4) is 0 Å². The van der Waals surface area contributed by atoms with Crippen LogP contribution in [0.3, 0.4) is 0 Å². The lowest BCUT2D eigenvalue weighted by molar-refractivity contribution is 0.0915. The highest BCUT2D eigenvalue weighted by Gasteiger charge is 2.10. The summed E-state index contributed by atoms with van der Waals surface area (Å²) in [6, 6.07) is 1.60. The third-order valence-electron chi connectivity index (χ3n) is 2.17. The summed E-state index contributed by atoms with van der Waals surface area (Å²) in [4.78, 5) is 15.4. The highest BCUT2D eigenvalue weighted by atomic mass is 16.5. The van der Waals surface area contributed by atoms with Crippen molar-refractivity contribution in [3.05, 3.63) is 30.2 Å². The SMILES string of the molecule is Cc1cc(C(=O)NCCCn2cncn2)on1. The second-order valence-corrected chi connectivity index (χ2v) is 3.60. The quantitative estimate of drug-likeness (QED) is 0.758. The highest BCUT2D eigenvalue weighted by molar-refractivity contribution is 5.91. The van der Waals surface area contributed by atoms with Crippen LogP contribution in [0.15, 0.2) is 23.2 Å². The van der Waals surface area contributed by atoms with E-state index in [0.717, 1.165) is 13.0 Å². The van der Waals surface area contributed by atoms with Crippen LogP contribution in [0.4, 0.5) is 0 Å². The Kier molecular flexibility index (Phi) is 3.49. The van der Waals surface area contributed by atoms with E-state index in [2.05, 4.69) is 20.6 Å². The van der Waals surface area contributed by atoms with Crippen LogP contribution in [0.2, 0.25) is 0 Å². The topological polar surface area (TPSA) is 85.8 Å². The number of carbonyl (C=O) groups is 1. The number of aromatic nitrogens is 4. The Hall–Kier alpha value is -2.18. The van der Waals surface area contributed by atoms with E-state index >= 15 is 0 Å². The maximum Gasteiger partial charge on any atom is 0.289 e. The van der Waals surface area contributed by atoms with E-state index in [-0.39, 0.29) is 11.7 Å². The number of nitrogens with zero attached hydrogens (tertiary/aromatic N) is 4. The molecule has 0 bridgehead atoms. The predicted molar refractivity (Wildman–Crippen MR) is 58.2 cm³/mol. The molecule has 1 N–H and O–H groups in total. The van der Waals surface area contributed by atoms with Crippen LogP contribution < -0.4 is 5.32 Å². The third-order valence-corrected chi connectivity index (χ3v) is 2.17. The summed E-state index contributed by atoms with van der Waals surface area (Å²) in [6.07, 6.45) is 3.90. The summed E-state index contributed by atoms with van der Waals surface area (Å²) in [5.74, 6) is -0.00699. The molecule has 2 heterocycles. The zero-order valence-electron chi connectivity index (χ0n) is 9.46. The largest absolute Gasteiger partial charge is 0.351 e. The lowest BCUT2D eigenvalue weighted by atomic mass is 10.3. The van der Waals surface area contributed by atoms with Crippen LogP contribution in [0.5, 0.6) is 0 Å². The Morgan fingerprint density at radius 2 is 2.47 bits per heavy atom. The number of rotatable bonds is 5. The molecule has 17 heavy (non-hydrogen) atoms. The molecule has 2 aromatic heterocycles. The first-order valence-electron chi connectivity index (χ1n) is 5.29. The Morgan fingerprint density at radius 1 is 1.59 bits per heavy atom. The Labute approximate surface area is 97.8 Å². The average molecular weight is 235 g/mol. The zero-order valence-corrected chi connectivity index (χ0v) is 9.46. The van der Waals surface area contributed by atoms with Gasteiger partial charge in [0.15, 0.2) is 0 Å². The molecular weight excluding hydrogens is 222 g/mol. The number of hydrogen-bond acceptors (Lipinski definition) is 5. The molecule has 0 unspecified atom stereocenters. The minimum atomic E-state index is -0.246. The molecule has 7 nitrogen and oxygen atoms in total. The van der Waals surface area contributed by atoms with E-state index in [1.54, 1.807) is 24.0 Å². The number of carbonyl (C=O) groups excluding carboxylic acids is 1. The molecular formula is C10H13N5O2. The number of aryl methyl sites for hydroxylation is 2. The van der Waals surface area contributed by atoms with Gasteiger partial charge in [-0.2, -0.15) is 5.10 Å². The van der Waals surface area contributed by atoms with E-state index in [1.165, 1.54) is 6.33 Å². The summed E-state index contributed by atoms with van der Waals surface area (Å²) >= 11 is 0. The molecule has 0 atom stereocenters. The number of amides is 1. The van der Waals surface area contributed by atoms with Gasteiger partial charge < -0.3 is 9.84 Å². The van der Waals surface area contributed by atoms with Crippen molar-refractivity contribution in [2.75, 3.05) is 6.54 Å². The van der Waals surface area contributed by atoms with Crippen molar-refractivity contribution in [1.82, 2.24) is 25.2 Å². The summed E-state index contributed by atoms with van der Waals surface area (Å²) in [7, 11) is 0. The van der Waals surface area contributed by atoms with E-state index < -0.39 is 0 Å². The molecule has 0 fully saturated rings. The molecule has 0 aliphatic heterocycles. The van der Waals surface area contributed by atoms with Crippen LogP contribution in [0, 0.1) is 6.92 Å². The van der Waals surface area contributed by atoms with Crippen LogP contribution in [0.25, 0.3) is 0 Å². The van der Waals surface area contributed by atoms with Crippen molar-refractivity contribution in [1.29, 1.82) is 0 Å². The van der Waals surface area contributed by atoms with Gasteiger partial charge in [0.2, 0.25) is 5.76 Å². The fourth-order valence-electron chi connectivity index (χ4n) is 1.35. The summed E-state index contributed by atoms with van der Waals surface area (Å²) < 4.78 is 6.55. The maximum absolute atomic E-state index is 11.5. The number of nitrogens with one attached hydrogen (secondary N) is 1. The fourth-order valence-corrected chi connectivity index (χ4v) is 1.35. The normalized spacial score (nSPS) is 10.4. The first-order chi connectivity index (χ1) is 8.25. The van der Waals surface area contributed by atoms with E-state index in [4.69, 9.17) is 4.52 Å². The van der Waals surface area contributed by atoms with Crippen molar-refractivity contribution >= 4 is 5.91 Å². The van der Waals surface area contributed by atoms with Crippen molar-refractivity contribution in [2.45, 2.75) is 19.9 Å². The lowest BCUT2D eigenvalue weighted by Crippen LogP contribution is -2.24. The predicted octanol–water partition coefficient (Wildman–Crippen LogP) is 0.395. The lowest BCUT2D eigenvalue weighted by Gasteiger charge is -2.02. The first-order valence-corrected chi connectivity index (χ1v) is 5.29. The monoisotopic (exact) mass is 235 g/mol. The van der Waals surface area contributed by atoms with Gasteiger partial charge in [0.25, 0.3) is 5.91 Å². The first kappa shape index (κ1) is 11.3. The van der Waals surface area contributed by atoms with E-state index in [1.807, 2.05) is 0 Å². The Balaban J connectivity index is 1.70. The second-order valence-electron chi connectivity index (χ2n) is 3.60. The van der Waals surface area contributed by atoms with Crippen LogP contribution in [-0.4, -0.2) is 32.4 Å². The summed E-state index contributed by atoms with van der Waals surface area (Å²) in [5.41, 5.74) is 0.692. The standard InChI is InChI=1S/C10H13N5O2/c1-8-5-9(17-14-8)10(16)12-3-2-4-15-7-11-6-13-15/h5-7H,2-4H2,1H3,(H,12,16). The molecule has 7 heteroatoms. The van der Waals surface area contributed by atoms with Gasteiger partial charge in [-0.3, -0.25) is 9.48 Å². The molecule has 0 aliphatic carbocycles. The molecule has 2 aromatic rings. The second kappa shape index (κ2) is 5.24. The van der Waals surface area contributed by atoms with Crippen molar-refractivity contribution in [2.24, 2.45) is 0 Å². The molecule has 2 rings (SSSR count). The van der Waals surface area contributed by atoms with Gasteiger partial charge in [-0.25, -0.2) is 4.98 Å². The zero-order chi connectivity index (χ0) is 12.1. The highest BCUT2D eigenvalue weighted by Crippen LogP contribution is 2.01. The molecule has 90 valence electrons. The van der Waals surface area contributed by atoms with Gasteiger partial charge in [0, 0.05) is 19.2 Å². The molecule has 1 amide bonds. The minimum absolute atomic E-state index is 0.239. The van der Waals surface area contributed by atoms with Crippen molar-refractivity contribution < 1.29 is 9.32 Å². The number of hydrogen-bond donors (Lipinski definition) is 1. The molecule has 0 radical (unpaired) electrons. The molecule has 0 spiro atoms. The third kappa shape index (κ3) is 3.13. The maximum atomic E-state index is 11.5. The molecule has 0 saturated heterocycles.